The van der Waals surface area contributed by atoms with Gasteiger partial charge >= 0.3 is 0 Å². The summed E-state index contributed by atoms with van der Waals surface area (Å²) in [5, 5.41) is 2.87. The van der Waals surface area contributed by atoms with Crippen LogP contribution >= 0.6 is 8.44 Å². The maximum absolute atomic E-state index is 15.0. The fourth-order valence-electron chi connectivity index (χ4n) is 3.61. The van der Waals surface area contributed by atoms with Crippen molar-refractivity contribution in [3.63, 3.8) is 0 Å². The summed E-state index contributed by atoms with van der Waals surface area (Å²) in [6.45, 7) is 1.81. The predicted octanol–water partition coefficient (Wildman–Crippen LogP) is 5.58. The number of rotatable bonds is 7. The van der Waals surface area contributed by atoms with E-state index in [1.54, 1.807) is 6.20 Å². The first-order chi connectivity index (χ1) is 16.6. The second-order valence-electron chi connectivity index (χ2n) is 7.82. The number of nitrogens with one attached hydrogen (secondary N) is 3. The number of nitrogens with zero attached hydrogens (tertiary/aromatic N) is 1. The van der Waals surface area contributed by atoms with Gasteiger partial charge in [0, 0.05) is 22.9 Å². The number of fused-ring (bicyclic) bond motifs is 1. The van der Waals surface area contributed by atoms with Crippen molar-refractivity contribution < 1.29 is 26.6 Å². The number of hydrogen-bond acceptors (Lipinski definition) is 3. The summed E-state index contributed by atoms with van der Waals surface area (Å²) in [6.07, 6.45) is 3.40. The van der Waals surface area contributed by atoms with Crippen LogP contribution in [0.4, 0.5) is 28.9 Å². The van der Waals surface area contributed by atoms with Crippen molar-refractivity contribution in [2.75, 3.05) is 15.8 Å². The van der Waals surface area contributed by atoms with Crippen LogP contribution in [0.5, 0.6) is 0 Å². The first kappa shape index (κ1) is 24.8. The Hall–Kier alpha value is -3.30. The Morgan fingerprint density at radius 2 is 1.83 bits per heavy atom. The Labute approximate surface area is 201 Å². The molecule has 0 aliphatic rings. The van der Waals surface area contributed by atoms with Crippen LogP contribution in [-0.4, -0.2) is 25.8 Å². The SMILES string of the molecule is CCC[SH](=O)(P)Nc1ccc(F)c(C(=O)Nc2cnc3[nH]cc(-c4ccc(F)c(F)c4)c3c2)c1F. The number of thiol groups is 1. The summed E-state index contributed by atoms with van der Waals surface area (Å²) in [5.74, 6) is -5.12. The van der Waals surface area contributed by atoms with Gasteiger partial charge in [-0.05, 0) is 60.5 Å². The van der Waals surface area contributed by atoms with Crippen LogP contribution < -0.4 is 10.0 Å². The molecular formula is C23H21F4N4O2PS. The Balaban J connectivity index is 1.66. The molecule has 0 aliphatic carbocycles. The van der Waals surface area contributed by atoms with Crippen LogP contribution in [0.15, 0.2) is 48.8 Å². The van der Waals surface area contributed by atoms with Crippen molar-refractivity contribution in [1.82, 2.24) is 9.97 Å². The van der Waals surface area contributed by atoms with E-state index in [4.69, 9.17) is 0 Å². The number of halogens is 4. The van der Waals surface area contributed by atoms with Gasteiger partial charge in [-0.25, -0.2) is 22.5 Å². The summed E-state index contributed by atoms with van der Waals surface area (Å²) < 4.78 is 71.6. The fourth-order valence-corrected chi connectivity index (χ4v) is 6.16. The number of aromatic amines is 1. The first-order valence-corrected chi connectivity index (χ1v) is 14.0. The molecule has 0 radical (unpaired) electrons. The van der Waals surface area contributed by atoms with Gasteiger partial charge in [0.05, 0.1) is 17.6 Å². The number of benzene rings is 2. The molecule has 1 atom stereocenters. The molecule has 0 saturated carbocycles. The molecule has 1 unspecified atom stereocenters. The highest BCUT2D eigenvalue weighted by atomic mass is 32.8. The van der Waals surface area contributed by atoms with Gasteiger partial charge in [0.25, 0.3) is 5.91 Å². The lowest BCUT2D eigenvalue weighted by atomic mass is 10.1. The molecule has 12 heteroatoms. The van der Waals surface area contributed by atoms with Gasteiger partial charge in [-0.1, -0.05) is 13.0 Å². The largest absolute Gasteiger partial charge is 0.346 e. The van der Waals surface area contributed by atoms with E-state index in [1.165, 1.54) is 18.3 Å². The van der Waals surface area contributed by atoms with Crippen molar-refractivity contribution in [3.05, 3.63) is 77.6 Å². The number of aromatic nitrogens is 2. The minimum absolute atomic E-state index is 0.116. The van der Waals surface area contributed by atoms with Crippen molar-refractivity contribution in [1.29, 1.82) is 0 Å². The minimum Gasteiger partial charge on any atom is -0.346 e. The second kappa shape index (κ2) is 9.75. The number of carbonyl (C=O) groups is 1. The van der Waals surface area contributed by atoms with Crippen LogP contribution in [0.25, 0.3) is 22.2 Å². The average molecular weight is 524 g/mol. The summed E-state index contributed by atoms with van der Waals surface area (Å²) >= 11 is 0. The van der Waals surface area contributed by atoms with E-state index in [1.807, 2.05) is 6.92 Å². The number of anilines is 2. The van der Waals surface area contributed by atoms with Crippen molar-refractivity contribution in [2.45, 2.75) is 13.3 Å². The molecule has 0 bridgehead atoms. The maximum Gasteiger partial charge on any atom is 0.261 e. The van der Waals surface area contributed by atoms with Crippen LogP contribution in [0.1, 0.15) is 23.7 Å². The molecule has 4 aromatic rings. The first-order valence-electron chi connectivity index (χ1n) is 10.5. The standard InChI is InChI=1S/C23H21F4N4O2PS/c1-2-7-35(33,34)31-19-6-5-17(25)20(21(19)27)23(32)30-13-9-14-15(11-29-22(14)28-10-13)12-3-4-16(24)18(26)8-12/h3-6,8-11,35H,2,7,34H2,1H3,(H,28,29)(H,30,32)(H,31,33). The third kappa shape index (κ3) is 5.21. The van der Waals surface area contributed by atoms with Gasteiger partial charge in [-0.3, -0.25) is 9.00 Å². The zero-order chi connectivity index (χ0) is 25.3. The van der Waals surface area contributed by atoms with Crippen LogP contribution in [0.2, 0.25) is 0 Å². The molecule has 0 fully saturated rings. The number of H-pyrrole nitrogens is 1. The van der Waals surface area contributed by atoms with Crippen LogP contribution in [0, 0.1) is 23.3 Å². The molecule has 1 amide bonds. The second-order valence-corrected chi connectivity index (χ2v) is 12.6. The molecule has 2 aromatic heterocycles. The van der Waals surface area contributed by atoms with Gasteiger partial charge in [-0.2, -0.15) is 0 Å². The Morgan fingerprint density at radius 1 is 1.09 bits per heavy atom. The van der Waals surface area contributed by atoms with Crippen molar-refractivity contribution >= 4 is 46.5 Å². The maximum atomic E-state index is 15.0. The van der Waals surface area contributed by atoms with Gasteiger partial charge in [0.2, 0.25) is 0 Å². The highest BCUT2D eigenvalue weighted by Gasteiger charge is 2.23. The minimum atomic E-state index is -3.03. The molecule has 0 saturated heterocycles. The third-order valence-corrected chi connectivity index (χ3v) is 8.10. The third-order valence-electron chi connectivity index (χ3n) is 5.20. The summed E-state index contributed by atoms with van der Waals surface area (Å²) in [7, 11) is -0.877. The molecule has 35 heavy (non-hydrogen) atoms. The topological polar surface area (TPSA) is 86.9 Å². The lowest BCUT2D eigenvalue weighted by molar-refractivity contribution is 0.101. The van der Waals surface area contributed by atoms with Gasteiger partial charge in [0.15, 0.2) is 17.5 Å². The number of pyridine rings is 1. The number of amides is 1. The molecule has 2 aromatic carbocycles. The predicted molar refractivity (Wildman–Crippen MR) is 134 cm³/mol. The molecule has 0 spiro atoms. The summed E-state index contributed by atoms with van der Waals surface area (Å²) in [4.78, 5) is 19.9. The van der Waals surface area contributed by atoms with E-state index in [-0.39, 0.29) is 17.1 Å². The van der Waals surface area contributed by atoms with Gasteiger partial charge < -0.3 is 15.0 Å². The quantitative estimate of drug-likeness (QED) is 0.145. The number of carbonyl (C=O) groups excluding carboxylic acids is 1. The van der Waals surface area contributed by atoms with Crippen LogP contribution in [-0.2, 0) is 9.74 Å². The summed E-state index contributed by atoms with van der Waals surface area (Å²) in [6, 6.07) is 6.88. The van der Waals surface area contributed by atoms with E-state index in [0.29, 0.717) is 28.6 Å². The highest BCUT2D eigenvalue weighted by Crippen LogP contribution is 2.31. The lowest BCUT2D eigenvalue weighted by Crippen LogP contribution is -2.21. The molecule has 0 aliphatic heterocycles. The van der Waals surface area contributed by atoms with E-state index >= 15 is 4.39 Å². The molecule has 2 heterocycles. The Bertz CT molecular complexity index is 1490. The van der Waals surface area contributed by atoms with Crippen molar-refractivity contribution in [3.8, 4) is 11.1 Å². The Morgan fingerprint density at radius 3 is 2.54 bits per heavy atom. The monoisotopic (exact) mass is 524 g/mol. The molecule has 4 rings (SSSR count). The summed E-state index contributed by atoms with van der Waals surface area (Å²) in [5.41, 5.74) is 0.252. The lowest BCUT2D eigenvalue weighted by Gasteiger charge is -2.22. The number of hydrogen-bond donors (Lipinski definition) is 4. The van der Waals surface area contributed by atoms with Crippen LogP contribution in [0.3, 0.4) is 0 Å². The average Bonchev–Trinajstić information content (AvgIpc) is 3.21. The molecule has 6 nitrogen and oxygen atoms in total. The van der Waals surface area contributed by atoms with E-state index < -0.39 is 44.5 Å². The molecular weight excluding hydrogens is 503 g/mol. The van der Waals surface area contributed by atoms with E-state index in [9.17, 15) is 22.2 Å². The van der Waals surface area contributed by atoms with Crippen molar-refractivity contribution in [2.24, 2.45) is 0 Å². The highest BCUT2D eigenvalue weighted by molar-refractivity contribution is 8.46. The molecule has 184 valence electrons. The molecule has 3 N–H and O–H groups in total. The van der Waals surface area contributed by atoms with Gasteiger partial charge in [0.1, 0.15) is 17.0 Å². The van der Waals surface area contributed by atoms with Gasteiger partial charge in [-0.15, -0.1) is 0 Å². The Kier molecular flexibility index (Phi) is 6.91. The van der Waals surface area contributed by atoms with E-state index in [0.717, 1.165) is 24.3 Å². The van der Waals surface area contributed by atoms with E-state index in [2.05, 4.69) is 28.4 Å². The smallest absolute Gasteiger partial charge is 0.261 e. The zero-order valence-corrected chi connectivity index (χ0v) is 20.4. The normalized spacial score (nSPS) is 12.1. The zero-order valence-electron chi connectivity index (χ0n) is 18.3. The fraction of sp³-hybridized carbons (Fsp3) is 0.130.